The fraction of sp³-hybridized carbons (Fsp3) is 0.200. The van der Waals surface area contributed by atoms with Gasteiger partial charge in [0.2, 0.25) is 0 Å². The summed E-state index contributed by atoms with van der Waals surface area (Å²) in [6.07, 6.45) is 1.74. The van der Waals surface area contributed by atoms with Gasteiger partial charge in [-0.2, -0.15) is 0 Å². The van der Waals surface area contributed by atoms with Crippen LogP contribution in [0.5, 0.6) is 0 Å². The van der Waals surface area contributed by atoms with Crippen LogP contribution in [0.2, 0.25) is 0 Å². The van der Waals surface area contributed by atoms with E-state index in [2.05, 4.69) is 47.1 Å². The van der Waals surface area contributed by atoms with Crippen LogP contribution in [-0.4, -0.2) is 20.4 Å². The number of nitrogens with one attached hydrogen (secondary N) is 3. The van der Waals surface area contributed by atoms with Crippen LogP contribution in [0.15, 0.2) is 21.3 Å². The van der Waals surface area contributed by atoms with Crippen LogP contribution in [0.1, 0.15) is 16.2 Å². The topological polar surface area (TPSA) is 65.6 Å². The molecule has 2 rings (SSSR count). The lowest BCUT2D eigenvalue weighted by molar-refractivity contribution is 0.0942. The molecule has 1 amide bonds. The minimum Gasteiger partial charge on any atom is -0.345 e. The SMILES string of the molecule is Cn1c(C(=O)NCc2c[nH]c(=S)[nH]2)cc(Br)c1Br. The molecule has 5 nitrogen and oxygen atoms in total. The average molecular weight is 394 g/mol. The Hall–Kier alpha value is -0.860. The van der Waals surface area contributed by atoms with Crippen molar-refractivity contribution in [3.8, 4) is 0 Å². The van der Waals surface area contributed by atoms with Crippen LogP contribution < -0.4 is 5.32 Å². The average Bonchev–Trinajstić information content (AvgIpc) is 2.86. The predicted molar refractivity (Wildman–Crippen MR) is 78.0 cm³/mol. The van der Waals surface area contributed by atoms with E-state index in [0.717, 1.165) is 14.8 Å². The highest BCUT2D eigenvalue weighted by Gasteiger charge is 2.14. The molecular formula is C10H10Br2N4OS. The molecule has 0 fully saturated rings. The van der Waals surface area contributed by atoms with Gasteiger partial charge in [-0.3, -0.25) is 4.79 Å². The summed E-state index contributed by atoms with van der Waals surface area (Å²) in [5.41, 5.74) is 1.41. The van der Waals surface area contributed by atoms with Crippen molar-refractivity contribution in [2.24, 2.45) is 7.05 Å². The number of halogens is 2. The summed E-state index contributed by atoms with van der Waals surface area (Å²) in [5.74, 6) is -0.149. The standard InChI is InChI=1S/C10H10Br2N4OS/c1-16-7(2-6(11)8(16)12)9(17)13-3-5-4-14-10(18)15-5/h2,4H,3H2,1H3,(H,13,17)(H2,14,15,18). The maximum atomic E-state index is 12.0. The molecule has 2 aromatic rings. The van der Waals surface area contributed by atoms with Crippen LogP contribution in [0, 0.1) is 4.77 Å². The van der Waals surface area contributed by atoms with Crippen LogP contribution in [0.3, 0.4) is 0 Å². The van der Waals surface area contributed by atoms with Gasteiger partial charge in [-0.15, -0.1) is 0 Å². The molecule has 0 unspecified atom stereocenters. The van der Waals surface area contributed by atoms with Crippen LogP contribution >= 0.6 is 44.1 Å². The Bertz CT molecular complexity index is 643. The van der Waals surface area contributed by atoms with Crippen molar-refractivity contribution in [3.05, 3.63) is 37.5 Å². The number of rotatable bonds is 3. The van der Waals surface area contributed by atoms with E-state index in [4.69, 9.17) is 12.2 Å². The van der Waals surface area contributed by atoms with Gasteiger partial charge in [-0.05, 0) is 50.1 Å². The Morgan fingerprint density at radius 3 is 2.78 bits per heavy atom. The largest absolute Gasteiger partial charge is 0.345 e. The van der Waals surface area contributed by atoms with Crippen LogP contribution in [0.25, 0.3) is 0 Å². The molecule has 0 aromatic carbocycles. The highest BCUT2D eigenvalue weighted by atomic mass is 79.9. The first-order valence-electron chi connectivity index (χ1n) is 5.04. The quantitative estimate of drug-likeness (QED) is 0.702. The number of nitrogens with zero attached hydrogens (tertiary/aromatic N) is 1. The van der Waals surface area contributed by atoms with Crippen molar-refractivity contribution in [2.75, 3.05) is 0 Å². The summed E-state index contributed by atoms with van der Waals surface area (Å²) in [7, 11) is 1.81. The van der Waals surface area contributed by atoms with E-state index in [1.165, 1.54) is 0 Å². The Morgan fingerprint density at radius 2 is 2.28 bits per heavy atom. The van der Waals surface area contributed by atoms with E-state index in [9.17, 15) is 4.79 Å². The smallest absolute Gasteiger partial charge is 0.268 e. The summed E-state index contributed by atoms with van der Waals surface area (Å²) in [5, 5.41) is 2.81. The van der Waals surface area contributed by atoms with Crippen molar-refractivity contribution in [3.63, 3.8) is 0 Å². The van der Waals surface area contributed by atoms with Gasteiger partial charge in [0, 0.05) is 13.2 Å². The van der Waals surface area contributed by atoms with Gasteiger partial charge in [0.05, 0.1) is 21.3 Å². The third-order valence-corrected chi connectivity index (χ3v) is 4.76. The van der Waals surface area contributed by atoms with Gasteiger partial charge in [-0.25, -0.2) is 0 Å². The number of hydrogen-bond acceptors (Lipinski definition) is 2. The van der Waals surface area contributed by atoms with E-state index < -0.39 is 0 Å². The molecule has 0 radical (unpaired) electrons. The monoisotopic (exact) mass is 392 g/mol. The molecular weight excluding hydrogens is 384 g/mol. The van der Waals surface area contributed by atoms with Crippen molar-refractivity contribution in [1.82, 2.24) is 19.9 Å². The van der Waals surface area contributed by atoms with E-state index in [1.807, 2.05) is 7.05 Å². The molecule has 0 saturated carbocycles. The first-order valence-corrected chi connectivity index (χ1v) is 7.04. The maximum absolute atomic E-state index is 12.0. The second-order valence-corrected chi connectivity index (χ2v) is 5.69. The maximum Gasteiger partial charge on any atom is 0.268 e. The van der Waals surface area contributed by atoms with E-state index in [1.54, 1.807) is 16.8 Å². The number of carbonyl (C=O) groups is 1. The minimum atomic E-state index is -0.149. The molecule has 0 bridgehead atoms. The Balaban J connectivity index is 2.08. The number of imidazole rings is 1. The van der Waals surface area contributed by atoms with Crippen molar-refractivity contribution in [2.45, 2.75) is 6.54 Å². The third kappa shape index (κ3) is 2.76. The van der Waals surface area contributed by atoms with Gasteiger partial charge in [0.1, 0.15) is 5.69 Å². The molecule has 2 aromatic heterocycles. The third-order valence-electron chi connectivity index (χ3n) is 2.44. The molecule has 0 aliphatic carbocycles. The molecule has 0 aliphatic heterocycles. The lowest BCUT2D eigenvalue weighted by Crippen LogP contribution is -2.25. The van der Waals surface area contributed by atoms with Gasteiger partial charge in [-0.1, -0.05) is 0 Å². The fourth-order valence-corrected chi connectivity index (χ4v) is 2.47. The first-order chi connectivity index (χ1) is 8.49. The number of amides is 1. The Kier molecular flexibility index (Phi) is 4.08. The molecule has 8 heteroatoms. The number of aromatic nitrogens is 3. The molecule has 0 atom stereocenters. The van der Waals surface area contributed by atoms with E-state index in [0.29, 0.717) is 17.0 Å². The zero-order chi connectivity index (χ0) is 13.3. The van der Waals surface area contributed by atoms with E-state index in [-0.39, 0.29) is 5.91 Å². The zero-order valence-electron chi connectivity index (χ0n) is 9.38. The van der Waals surface area contributed by atoms with Gasteiger partial charge >= 0.3 is 0 Å². The molecule has 2 heterocycles. The van der Waals surface area contributed by atoms with Crippen molar-refractivity contribution >= 4 is 50.0 Å². The van der Waals surface area contributed by atoms with Crippen molar-refractivity contribution in [1.29, 1.82) is 0 Å². The fourth-order valence-electron chi connectivity index (χ4n) is 1.49. The lowest BCUT2D eigenvalue weighted by atomic mass is 10.4. The summed E-state index contributed by atoms with van der Waals surface area (Å²) < 4.78 is 3.98. The number of hydrogen-bond donors (Lipinski definition) is 3. The second kappa shape index (κ2) is 5.41. The normalized spacial score (nSPS) is 10.6. The van der Waals surface area contributed by atoms with Gasteiger partial charge in [0.25, 0.3) is 5.91 Å². The first kappa shape index (κ1) is 13.6. The lowest BCUT2D eigenvalue weighted by Gasteiger charge is -2.05. The number of aromatic amines is 2. The second-order valence-electron chi connectivity index (χ2n) is 3.68. The molecule has 0 saturated heterocycles. The minimum absolute atomic E-state index is 0.149. The highest BCUT2D eigenvalue weighted by Crippen LogP contribution is 2.26. The molecule has 3 N–H and O–H groups in total. The Morgan fingerprint density at radius 1 is 1.56 bits per heavy atom. The molecule has 0 aliphatic rings. The number of carbonyl (C=O) groups excluding carboxylic acids is 1. The molecule has 96 valence electrons. The van der Waals surface area contributed by atoms with Crippen molar-refractivity contribution < 1.29 is 4.79 Å². The molecule has 18 heavy (non-hydrogen) atoms. The Labute approximate surface area is 125 Å². The van der Waals surface area contributed by atoms with Crippen LogP contribution in [-0.2, 0) is 13.6 Å². The van der Waals surface area contributed by atoms with Gasteiger partial charge in [0.15, 0.2) is 4.77 Å². The zero-order valence-corrected chi connectivity index (χ0v) is 13.4. The predicted octanol–water partition coefficient (Wildman–Crippen LogP) is 2.87. The highest BCUT2D eigenvalue weighted by molar-refractivity contribution is 9.13. The summed E-state index contributed by atoms with van der Waals surface area (Å²) in [4.78, 5) is 17.8. The summed E-state index contributed by atoms with van der Waals surface area (Å²) in [6, 6.07) is 1.76. The summed E-state index contributed by atoms with van der Waals surface area (Å²) in [6.45, 7) is 0.395. The van der Waals surface area contributed by atoms with Gasteiger partial charge < -0.3 is 19.9 Å². The summed E-state index contributed by atoms with van der Waals surface area (Å²) >= 11 is 11.6. The van der Waals surface area contributed by atoms with Crippen LogP contribution in [0.4, 0.5) is 0 Å². The van der Waals surface area contributed by atoms with E-state index >= 15 is 0 Å². The number of H-pyrrole nitrogens is 2. The molecule has 0 spiro atoms.